The van der Waals surface area contributed by atoms with Gasteiger partial charge < -0.3 is 5.32 Å². The number of hydrogen-bond donors (Lipinski definition) is 1. The first-order chi connectivity index (χ1) is 7.28. The van der Waals surface area contributed by atoms with Gasteiger partial charge in [0.15, 0.2) is 0 Å². The van der Waals surface area contributed by atoms with Crippen LogP contribution in [0.5, 0.6) is 0 Å². The summed E-state index contributed by atoms with van der Waals surface area (Å²) in [5.41, 5.74) is 0. The molecule has 0 aliphatic rings. The van der Waals surface area contributed by atoms with Crippen LogP contribution in [0.15, 0.2) is 0 Å². The van der Waals surface area contributed by atoms with Crippen molar-refractivity contribution in [2.75, 3.05) is 6.54 Å². The molecule has 0 saturated carbocycles. The van der Waals surface area contributed by atoms with Crippen molar-refractivity contribution < 1.29 is 0 Å². The maximum atomic E-state index is 5.33. The van der Waals surface area contributed by atoms with Crippen molar-refractivity contribution in [2.45, 2.75) is 65.3 Å². The van der Waals surface area contributed by atoms with E-state index in [9.17, 15) is 0 Å². The molecule has 0 aliphatic heterocycles. The van der Waals surface area contributed by atoms with E-state index in [1.54, 1.807) is 0 Å². The topological polar surface area (TPSA) is 12.0 Å². The van der Waals surface area contributed by atoms with E-state index in [2.05, 4.69) is 32.0 Å². The first kappa shape index (κ1) is 14.5. The van der Waals surface area contributed by atoms with Crippen LogP contribution < -0.4 is 5.32 Å². The molecule has 0 rings (SSSR count). The molecule has 2 atom stereocenters. The molecular weight excluding hydrogens is 182 g/mol. The molecule has 0 heterocycles. The molecule has 1 heteroatoms. The first-order valence-corrected chi connectivity index (χ1v) is 6.45. The normalized spacial score (nSPS) is 14.5. The van der Waals surface area contributed by atoms with Crippen LogP contribution in [-0.2, 0) is 0 Å². The summed E-state index contributed by atoms with van der Waals surface area (Å²) in [6, 6.07) is 0.519. The third-order valence-corrected chi connectivity index (χ3v) is 3.10. The molecule has 0 spiro atoms. The summed E-state index contributed by atoms with van der Waals surface area (Å²) < 4.78 is 0. The zero-order valence-electron chi connectivity index (χ0n) is 10.7. The van der Waals surface area contributed by atoms with Gasteiger partial charge in [-0.05, 0) is 25.3 Å². The van der Waals surface area contributed by atoms with Gasteiger partial charge in [0.25, 0.3) is 0 Å². The molecule has 0 bridgehead atoms. The largest absolute Gasteiger partial charge is 0.313 e. The highest BCUT2D eigenvalue weighted by Gasteiger charge is 2.08. The fourth-order valence-corrected chi connectivity index (χ4v) is 1.78. The molecule has 15 heavy (non-hydrogen) atoms. The van der Waals surface area contributed by atoms with E-state index < -0.39 is 0 Å². The molecule has 0 aliphatic carbocycles. The lowest BCUT2D eigenvalue weighted by Gasteiger charge is -2.20. The van der Waals surface area contributed by atoms with Crippen molar-refractivity contribution >= 4 is 0 Å². The summed E-state index contributed by atoms with van der Waals surface area (Å²) in [6.45, 7) is 7.87. The number of unbranched alkanes of at least 4 members (excludes halogenated alkanes) is 1. The van der Waals surface area contributed by atoms with E-state index in [0.29, 0.717) is 6.04 Å². The molecule has 0 aromatic rings. The minimum Gasteiger partial charge on any atom is -0.313 e. The predicted molar refractivity (Wildman–Crippen MR) is 68.8 cm³/mol. The summed E-state index contributed by atoms with van der Waals surface area (Å²) in [7, 11) is 0. The Morgan fingerprint density at radius 3 is 2.40 bits per heavy atom. The number of rotatable bonds is 9. The number of terminal acetylenes is 1. The smallest absolute Gasteiger partial charge is 0.0240 e. The van der Waals surface area contributed by atoms with Gasteiger partial charge in [-0.3, -0.25) is 0 Å². The zero-order valence-corrected chi connectivity index (χ0v) is 10.7. The fraction of sp³-hybridized carbons (Fsp3) is 0.857. The van der Waals surface area contributed by atoms with Gasteiger partial charge in [0.2, 0.25) is 0 Å². The van der Waals surface area contributed by atoms with E-state index in [4.69, 9.17) is 6.42 Å². The maximum Gasteiger partial charge on any atom is 0.0240 e. The van der Waals surface area contributed by atoms with Crippen LogP contribution in [0.1, 0.15) is 59.3 Å². The van der Waals surface area contributed by atoms with E-state index in [0.717, 1.165) is 25.3 Å². The number of hydrogen-bond acceptors (Lipinski definition) is 1. The first-order valence-electron chi connectivity index (χ1n) is 6.45. The standard InChI is InChI=1S/C14H27N/c1-5-9-11-13(7-3)12-15-14(8-4)10-6-2/h2,13-15H,5,7-12H2,1,3-4H3. The minimum atomic E-state index is 0.519. The highest BCUT2D eigenvalue weighted by molar-refractivity contribution is 4.89. The average Bonchev–Trinajstić information content (AvgIpc) is 2.27. The van der Waals surface area contributed by atoms with Crippen molar-refractivity contribution in [1.29, 1.82) is 0 Å². The third kappa shape index (κ3) is 7.45. The van der Waals surface area contributed by atoms with E-state index in [1.165, 1.54) is 25.7 Å². The summed E-state index contributed by atoms with van der Waals surface area (Å²) in [4.78, 5) is 0. The Morgan fingerprint density at radius 2 is 1.93 bits per heavy atom. The van der Waals surface area contributed by atoms with Crippen molar-refractivity contribution in [1.82, 2.24) is 5.32 Å². The van der Waals surface area contributed by atoms with Crippen LogP contribution >= 0.6 is 0 Å². The Hall–Kier alpha value is -0.480. The van der Waals surface area contributed by atoms with Crippen LogP contribution in [-0.4, -0.2) is 12.6 Å². The molecule has 0 saturated heterocycles. The van der Waals surface area contributed by atoms with Crippen LogP contribution in [0.25, 0.3) is 0 Å². The molecule has 1 nitrogen and oxygen atoms in total. The van der Waals surface area contributed by atoms with Gasteiger partial charge in [-0.25, -0.2) is 0 Å². The minimum absolute atomic E-state index is 0.519. The summed E-state index contributed by atoms with van der Waals surface area (Å²) in [6.07, 6.45) is 12.6. The van der Waals surface area contributed by atoms with Gasteiger partial charge >= 0.3 is 0 Å². The van der Waals surface area contributed by atoms with Crippen LogP contribution in [0.3, 0.4) is 0 Å². The molecule has 2 unspecified atom stereocenters. The van der Waals surface area contributed by atoms with E-state index >= 15 is 0 Å². The Kier molecular flexibility index (Phi) is 9.73. The molecular formula is C14H27N. The Morgan fingerprint density at radius 1 is 1.20 bits per heavy atom. The molecule has 1 N–H and O–H groups in total. The fourth-order valence-electron chi connectivity index (χ4n) is 1.78. The van der Waals surface area contributed by atoms with Gasteiger partial charge in [0.05, 0.1) is 0 Å². The van der Waals surface area contributed by atoms with Gasteiger partial charge in [0.1, 0.15) is 0 Å². The van der Waals surface area contributed by atoms with Gasteiger partial charge in [-0.1, -0.05) is 40.0 Å². The predicted octanol–water partition coefficient (Wildman–Crippen LogP) is 3.59. The molecule has 88 valence electrons. The van der Waals surface area contributed by atoms with Crippen LogP contribution in [0, 0.1) is 18.3 Å². The highest BCUT2D eigenvalue weighted by Crippen LogP contribution is 2.12. The second-order valence-electron chi connectivity index (χ2n) is 4.34. The molecule has 0 radical (unpaired) electrons. The van der Waals surface area contributed by atoms with Crippen molar-refractivity contribution in [3.05, 3.63) is 0 Å². The monoisotopic (exact) mass is 209 g/mol. The second-order valence-corrected chi connectivity index (χ2v) is 4.34. The van der Waals surface area contributed by atoms with Gasteiger partial charge in [-0.15, -0.1) is 12.3 Å². The van der Waals surface area contributed by atoms with E-state index in [-0.39, 0.29) is 0 Å². The third-order valence-electron chi connectivity index (χ3n) is 3.10. The molecule has 0 fully saturated rings. The second kappa shape index (κ2) is 10.1. The highest BCUT2D eigenvalue weighted by atomic mass is 14.9. The SMILES string of the molecule is C#CCC(CC)NCC(CC)CCCC. The summed E-state index contributed by atoms with van der Waals surface area (Å²) in [5, 5.41) is 3.59. The summed E-state index contributed by atoms with van der Waals surface area (Å²) >= 11 is 0. The summed E-state index contributed by atoms with van der Waals surface area (Å²) in [5.74, 6) is 3.57. The van der Waals surface area contributed by atoms with E-state index in [1.807, 2.05) is 0 Å². The lowest BCUT2D eigenvalue weighted by Crippen LogP contribution is -2.32. The number of nitrogens with one attached hydrogen (secondary N) is 1. The van der Waals surface area contributed by atoms with Gasteiger partial charge in [-0.2, -0.15) is 0 Å². The van der Waals surface area contributed by atoms with Crippen molar-refractivity contribution in [2.24, 2.45) is 5.92 Å². The Bertz CT molecular complexity index is 169. The lowest BCUT2D eigenvalue weighted by molar-refractivity contribution is 0.384. The maximum absolute atomic E-state index is 5.33. The average molecular weight is 209 g/mol. The lowest BCUT2D eigenvalue weighted by atomic mass is 9.98. The molecule has 0 aromatic carbocycles. The Balaban J connectivity index is 3.72. The van der Waals surface area contributed by atoms with Crippen molar-refractivity contribution in [3.63, 3.8) is 0 Å². The van der Waals surface area contributed by atoms with Crippen LogP contribution in [0.4, 0.5) is 0 Å². The quantitative estimate of drug-likeness (QED) is 0.572. The zero-order chi connectivity index (χ0) is 11.5. The van der Waals surface area contributed by atoms with Gasteiger partial charge in [0, 0.05) is 12.5 Å². The molecule has 0 amide bonds. The molecule has 0 aromatic heterocycles. The van der Waals surface area contributed by atoms with Crippen molar-refractivity contribution in [3.8, 4) is 12.3 Å². The van der Waals surface area contributed by atoms with Crippen LogP contribution in [0.2, 0.25) is 0 Å². The Labute approximate surface area is 96.0 Å².